The van der Waals surface area contributed by atoms with Crippen molar-refractivity contribution in [3.8, 4) is 22.7 Å². The predicted octanol–water partition coefficient (Wildman–Crippen LogP) is 4.02. The third-order valence-corrected chi connectivity index (χ3v) is 3.91. The van der Waals surface area contributed by atoms with Crippen molar-refractivity contribution in [3.63, 3.8) is 0 Å². The molecule has 2 aromatic carbocycles. The Bertz CT molecular complexity index is 841. The number of para-hydroxylation sites is 1. The highest BCUT2D eigenvalue weighted by molar-refractivity contribution is 6.31. The molecule has 0 unspecified atom stereocenters. The van der Waals surface area contributed by atoms with Crippen molar-refractivity contribution >= 4 is 17.9 Å². The van der Waals surface area contributed by atoms with Gasteiger partial charge in [0.05, 0.1) is 11.3 Å². The van der Waals surface area contributed by atoms with Crippen molar-refractivity contribution in [2.45, 2.75) is 6.92 Å². The first-order chi connectivity index (χ1) is 10.6. The number of benzene rings is 2. The molecule has 5 heteroatoms. The zero-order chi connectivity index (χ0) is 15.7. The molecule has 1 aromatic heterocycles. The Kier molecular flexibility index (Phi) is 3.69. The number of carbonyl (C=O) groups excluding carboxylic acids is 1. The van der Waals surface area contributed by atoms with E-state index in [0.717, 1.165) is 12.0 Å². The lowest BCUT2D eigenvalue weighted by Gasteiger charge is -2.08. The third kappa shape index (κ3) is 2.38. The molecule has 4 nitrogen and oxygen atoms in total. The van der Waals surface area contributed by atoms with Gasteiger partial charge in [-0.25, -0.2) is 4.68 Å². The van der Waals surface area contributed by atoms with Crippen LogP contribution in [0.1, 0.15) is 15.9 Å². The highest BCUT2D eigenvalue weighted by Crippen LogP contribution is 2.36. The van der Waals surface area contributed by atoms with Gasteiger partial charge in [0.25, 0.3) is 0 Å². The first-order valence-corrected chi connectivity index (χ1v) is 7.08. The maximum Gasteiger partial charge on any atom is 0.153 e. The van der Waals surface area contributed by atoms with E-state index in [4.69, 9.17) is 11.6 Å². The van der Waals surface area contributed by atoms with Crippen molar-refractivity contribution in [1.29, 1.82) is 0 Å². The van der Waals surface area contributed by atoms with E-state index in [1.54, 1.807) is 23.9 Å². The minimum absolute atomic E-state index is 0.0447. The van der Waals surface area contributed by atoms with Gasteiger partial charge in [-0.05, 0) is 36.8 Å². The molecule has 0 saturated heterocycles. The molecule has 0 amide bonds. The van der Waals surface area contributed by atoms with Crippen LogP contribution in [0.5, 0.6) is 5.75 Å². The van der Waals surface area contributed by atoms with Crippen molar-refractivity contribution in [2.24, 2.45) is 0 Å². The van der Waals surface area contributed by atoms with E-state index in [-0.39, 0.29) is 5.75 Å². The monoisotopic (exact) mass is 312 g/mol. The smallest absolute Gasteiger partial charge is 0.153 e. The summed E-state index contributed by atoms with van der Waals surface area (Å²) < 4.78 is 1.61. The zero-order valence-electron chi connectivity index (χ0n) is 11.8. The average Bonchev–Trinajstić information content (AvgIpc) is 2.96. The molecule has 22 heavy (non-hydrogen) atoms. The molecule has 0 saturated carbocycles. The molecule has 0 aliphatic heterocycles. The fourth-order valence-corrected chi connectivity index (χ4v) is 2.51. The maximum absolute atomic E-state index is 11.4. The van der Waals surface area contributed by atoms with Crippen LogP contribution < -0.4 is 0 Å². The fraction of sp³-hybridized carbons (Fsp3) is 0.0588. The summed E-state index contributed by atoms with van der Waals surface area (Å²) in [6.07, 6.45) is 2.36. The van der Waals surface area contributed by atoms with Gasteiger partial charge in [-0.1, -0.05) is 29.8 Å². The van der Waals surface area contributed by atoms with Gasteiger partial charge in [0.15, 0.2) is 6.29 Å². The van der Waals surface area contributed by atoms with Crippen LogP contribution in [0.15, 0.2) is 48.7 Å². The van der Waals surface area contributed by atoms with Gasteiger partial charge in [0, 0.05) is 16.8 Å². The van der Waals surface area contributed by atoms with Crippen molar-refractivity contribution in [2.75, 3.05) is 0 Å². The van der Waals surface area contributed by atoms with Gasteiger partial charge in [0.2, 0.25) is 0 Å². The Hall–Kier alpha value is -2.59. The Morgan fingerprint density at radius 2 is 1.91 bits per heavy atom. The average molecular weight is 313 g/mol. The number of hydrogen-bond donors (Lipinski definition) is 1. The van der Waals surface area contributed by atoms with Crippen LogP contribution in [0.4, 0.5) is 0 Å². The second-order valence-electron chi connectivity index (χ2n) is 4.90. The molecule has 1 heterocycles. The summed E-state index contributed by atoms with van der Waals surface area (Å²) in [4.78, 5) is 11.4. The summed E-state index contributed by atoms with van der Waals surface area (Å²) in [6, 6.07) is 12.6. The Morgan fingerprint density at radius 3 is 2.59 bits per heavy atom. The normalized spacial score (nSPS) is 10.6. The highest BCUT2D eigenvalue weighted by atomic mass is 35.5. The standard InChI is InChI=1S/C17H13ClN2O2/c1-11-14(18)7-8-15(22)16(11)17-12(10-21)9-20(19-17)13-5-3-2-4-6-13/h2-10,22H,1H3. The zero-order valence-corrected chi connectivity index (χ0v) is 12.6. The Labute approximate surface area is 132 Å². The molecule has 3 aromatic rings. The number of carbonyl (C=O) groups is 1. The van der Waals surface area contributed by atoms with Gasteiger partial charge in [-0.2, -0.15) is 5.10 Å². The molecule has 0 atom stereocenters. The lowest BCUT2D eigenvalue weighted by atomic mass is 10.0. The van der Waals surface area contributed by atoms with E-state index >= 15 is 0 Å². The van der Waals surface area contributed by atoms with E-state index < -0.39 is 0 Å². The van der Waals surface area contributed by atoms with Crippen LogP contribution in [-0.4, -0.2) is 21.2 Å². The Morgan fingerprint density at radius 1 is 1.18 bits per heavy atom. The number of aromatic nitrogens is 2. The van der Waals surface area contributed by atoms with Crippen molar-refractivity contribution in [3.05, 3.63) is 64.8 Å². The van der Waals surface area contributed by atoms with E-state index in [0.29, 0.717) is 27.4 Å². The molecule has 0 radical (unpaired) electrons. The topological polar surface area (TPSA) is 55.1 Å². The second-order valence-corrected chi connectivity index (χ2v) is 5.30. The number of hydrogen-bond acceptors (Lipinski definition) is 3. The number of halogens is 1. The van der Waals surface area contributed by atoms with Crippen LogP contribution in [0, 0.1) is 6.92 Å². The van der Waals surface area contributed by atoms with Crippen LogP contribution in [-0.2, 0) is 0 Å². The van der Waals surface area contributed by atoms with E-state index in [9.17, 15) is 9.90 Å². The third-order valence-electron chi connectivity index (χ3n) is 3.50. The summed E-state index contributed by atoms with van der Waals surface area (Å²) in [7, 11) is 0. The van der Waals surface area contributed by atoms with Crippen LogP contribution in [0.3, 0.4) is 0 Å². The van der Waals surface area contributed by atoms with Gasteiger partial charge in [-0.3, -0.25) is 4.79 Å². The van der Waals surface area contributed by atoms with Crippen molar-refractivity contribution in [1.82, 2.24) is 9.78 Å². The molecular weight excluding hydrogens is 300 g/mol. The maximum atomic E-state index is 11.4. The molecule has 1 N–H and O–H groups in total. The summed E-state index contributed by atoms with van der Waals surface area (Å²) in [6.45, 7) is 1.79. The van der Waals surface area contributed by atoms with Gasteiger partial charge < -0.3 is 5.11 Å². The van der Waals surface area contributed by atoms with E-state index in [1.807, 2.05) is 30.3 Å². The minimum atomic E-state index is 0.0447. The molecule has 0 bridgehead atoms. The van der Waals surface area contributed by atoms with Crippen LogP contribution >= 0.6 is 11.6 Å². The fourth-order valence-electron chi connectivity index (χ4n) is 2.35. The first-order valence-electron chi connectivity index (χ1n) is 6.70. The molecule has 0 aliphatic rings. The lowest BCUT2D eigenvalue weighted by molar-refractivity contribution is 0.112. The quantitative estimate of drug-likeness (QED) is 0.743. The number of nitrogens with zero attached hydrogens (tertiary/aromatic N) is 2. The second kappa shape index (κ2) is 5.66. The van der Waals surface area contributed by atoms with E-state index in [1.165, 1.54) is 6.07 Å². The predicted molar refractivity (Wildman–Crippen MR) is 85.8 cm³/mol. The molecule has 3 rings (SSSR count). The Balaban J connectivity index is 2.23. The summed E-state index contributed by atoms with van der Waals surface area (Å²) >= 11 is 6.12. The van der Waals surface area contributed by atoms with Crippen molar-refractivity contribution < 1.29 is 9.90 Å². The van der Waals surface area contributed by atoms with Crippen LogP contribution in [0.2, 0.25) is 5.02 Å². The number of phenols is 1. The molecule has 0 aliphatic carbocycles. The molecule has 110 valence electrons. The molecular formula is C17H13ClN2O2. The van der Waals surface area contributed by atoms with Gasteiger partial charge >= 0.3 is 0 Å². The lowest BCUT2D eigenvalue weighted by Crippen LogP contribution is -1.95. The largest absolute Gasteiger partial charge is 0.507 e. The van der Waals surface area contributed by atoms with Gasteiger partial charge in [0.1, 0.15) is 11.4 Å². The molecule has 0 spiro atoms. The first kappa shape index (κ1) is 14.4. The van der Waals surface area contributed by atoms with Crippen LogP contribution in [0.25, 0.3) is 16.9 Å². The molecule has 0 fully saturated rings. The number of phenolic OH excluding ortho intramolecular Hbond substituents is 1. The SMILES string of the molecule is Cc1c(Cl)ccc(O)c1-c1nn(-c2ccccc2)cc1C=O. The minimum Gasteiger partial charge on any atom is -0.507 e. The summed E-state index contributed by atoms with van der Waals surface area (Å²) in [5, 5.41) is 15.1. The number of aromatic hydroxyl groups is 1. The summed E-state index contributed by atoms with van der Waals surface area (Å²) in [5.74, 6) is 0.0447. The summed E-state index contributed by atoms with van der Waals surface area (Å²) in [5.41, 5.74) is 2.80. The number of rotatable bonds is 3. The van der Waals surface area contributed by atoms with Gasteiger partial charge in [-0.15, -0.1) is 0 Å². The van der Waals surface area contributed by atoms with E-state index in [2.05, 4.69) is 5.10 Å². The highest BCUT2D eigenvalue weighted by Gasteiger charge is 2.18. The number of aldehydes is 1.